The van der Waals surface area contributed by atoms with Crippen LogP contribution >= 0.6 is 11.6 Å². The number of rotatable bonds is 2. The number of hydrogen-bond donors (Lipinski definition) is 1. The van der Waals surface area contributed by atoms with Crippen molar-refractivity contribution < 1.29 is 4.74 Å². The van der Waals surface area contributed by atoms with Crippen LogP contribution in [0.25, 0.3) is 0 Å². The fraction of sp³-hybridized carbons (Fsp3) is 0.600. The van der Waals surface area contributed by atoms with Crippen molar-refractivity contribution >= 4 is 17.3 Å². The standard InChI is InChI=1S/C15H21ClN2O/c1-19-14-5-4-12(16)10-13(14)18-9-8-17-11-15(18)6-2-3-7-15/h4-5,10,17H,2-3,6-9,11H2,1H3. The third-order valence-electron chi connectivity index (χ3n) is 4.50. The zero-order chi connectivity index (χ0) is 13.3. The molecule has 19 heavy (non-hydrogen) atoms. The number of halogens is 1. The van der Waals surface area contributed by atoms with Crippen LogP contribution < -0.4 is 15.0 Å². The van der Waals surface area contributed by atoms with Gasteiger partial charge in [0.05, 0.1) is 18.3 Å². The van der Waals surface area contributed by atoms with E-state index in [1.165, 1.54) is 25.7 Å². The number of anilines is 1. The summed E-state index contributed by atoms with van der Waals surface area (Å²) < 4.78 is 5.54. The van der Waals surface area contributed by atoms with Crippen molar-refractivity contribution in [1.82, 2.24) is 5.32 Å². The second kappa shape index (κ2) is 5.22. The van der Waals surface area contributed by atoms with Gasteiger partial charge in [0, 0.05) is 24.7 Å². The van der Waals surface area contributed by atoms with Gasteiger partial charge in [-0.15, -0.1) is 0 Å². The van der Waals surface area contributed by atoms with E-state index in [0.717, 1.165) is 36.1 Å². The number of nitrogens with zero attached hydrogens (tertiary/aromatic N) is 1. The highest BCUT2D eigenvalue weighted by atomic mass is 35.5. The molecule has 1 aliphatic heterocycles. The van der Waals surface area contributed by atoms with Crippen molar-refractivity contribution in [1.29, 1.82) is 0 Å². The van der Waals surface area contributed by atoms with Crippen LogP contribution in [0.4, 0.5) is 5.69 Å². The zero-order valence-electron chi connectivity index (χ0n) is 11.4. The van der Waals surface area contributed by atoms with E-state index in [-0.39, 0.29) is 5.54 Å². The number of nitrogens with one attached hydrogen (secondary N) is 1. The van der Waals surface area contributed by atoms with Gasteiger partial charge in [0.1, 0.15) is 5.75 Å². The predicted molar refractivity (Wildman–Crippen MR) is 79.4 cm³/mol. The molecule has 3 rings (SSSR count). The SMILES string of the molecule is COc1ccc(Cl)cc1N1CCNCC12CCCC2. The lowest BCUT2D eigenvalue weighted by molar-refractivity contribution is 0.326. The molecule has 1 saturated carbocycles. The van der Waals surface area contributed by atoms with Crippen molar-refractivity contribution in [2.24, 2.45) is 0 Å². The summed E-state index contributed by atoms with van der Waals surface area (Å²) in [6, 6.07) is 5.92. The van der Waals surface area contributed by atoms with Crippen LogP contribution in [0.5, 0.6) is 5.75 Å². The van der Waals surface area contributed by atoms with Crippen LogP contribution in [0.2, 0.25) is 5.02 Å². The Morgan fingerprint density at radius 2 is 2.11 bits per heavy atom. The van der Waals surface area contributed by atoms with Gasteiger partial charge in [0.15, 0.2) is 0 Å². The lowest BCUT2D eigenvalue weighted by Gasteiger charge is -2.47. The molecule has 1 aliphatic carbocycles. The molecule has 4 heteroatoms. The second-order valence-corrected chi connectivity index (χ2v) is 6.01. The minimum absolute atomic E-state index is 0.260. The first-order valence-corrected chi connectivity index (χ1v) is 7.45. The van der Waals surface area contributed by atoms with Gasteiger partial charge in [-0.2, -0.15) is 0 Å². The summed E-state index contributed by atoms with van der Waals surface area (Å²) in [5.74, 6) is 0.928. The van der Waals surface area contributed by atoms with Crippen LogP contribution in [-0.4, -0.2) is 32.3 Å². The van der Waals surface area contributed by atoms with E-state index in [4.69, 9.17) is 16.3 Å². The van der Waals surface area contributed by atoms with Gasteiger partial charge in [-0.3, -0.25) is 0 Å². The highest BCUT2D eigenvalue weighted by Gasteiger charge is 2.42. The van der Waals surface area contributed by atoms with Gasteiger partial charge < -0.3 is 15.0 Å². The summed E-state index contributed by atoms with van der Waals surface area (Å²) in [4.78, 5) is 2.53. The summed E-state index contributed by atoms with van der Waals surface area (Å²) >= 11 is 6.19. The van der Waals surface area contributed by atoms with Crippen molar-refractivity contribution in [2.45, 2.75) is 31.2 Å². The largest absolute Gasteiger partial charge is 0.495 e. The maximum atomic E-state index is 6.19. The highest BCUT2D eigenvalue weighted by Crippen LogP contribution is 2.42. The molecule has 2 aliphatic rings. The molecule has 1 heterocycles. The Bertz CT molecular complexity index is 457. The normalized spacial score (nSPS) is 21.9. The first-order chi connectivity index (χ1) is 9.25. The molecule has 0 bridgehead atoms. The molecular formula is C15H21ClN2O. The van der Waals surface area contributed by atoms with E-state index in [0.29, 0.717) is 0 Å². The molecule has 1 saturated heterocycles. The number of piperazine rings is 1. The molecule has 0 aromatic heterocycles. The topological polar surface area (TPSA) is 24.5 Å². The van der Waals surface area contributed by atoms with Crippen LogP contribution in [0.3, 0.4) is 0 Å². The monoisotopic (exact) mass is 280 g/mol. The maximum absolute atomic E-state index is 6.19. The average molecular weight is 281 g/mol. The summed E-state index contributed by atoms with van der Waals surface area (Å²) in [5, 5.41) is 4.33. The number of ether oxygens (including phenoxy) is 1. The van der Waals surface area contributed by atoms with Crippen LogP contribution in [0, 0.1) is 0 Å². The maximum Gasteiger partial charge on any atom is 0.142 e. The summed E-state index contributed by atoms with van der Waals surface area (Å²) in [7, 11) is 1.73. The van der Waals surface area contributed by atoms with Crippen molar-refractivity contribution in [2.75, 3.05) is 31.6 Å². The third-order valence-corrected chi connectivity index (χ3v) is 4.74. The van der Waals surface area contributed by atoms with E-state index >= 15 is 0 Å². The van der Waals surface area contributed by atoms with E-state index < -0.39 is 0 Å². The Balaban J connectivity index is 2.01. The molecular weight excluding hydrogens is 260 g/mol. The molecule has 0 amide bonds. The van der Waals surface area contributed by atoms with Crippen molar-refractivity contribution in [3.05, 3.63) is 23.2 Å². The molecule has 0 unspecified atom stereocenters. The summed E-state index contributed by atoms with van der Waals surface area (Å²) in [5.41, 5.74) is 1.41. The van der Waals surface area contributed by atoms with E-state index in [1.807, 2.05) is 18.2 Å². The molecule has 104 valence electrons. The summed E-state index contributed by atoms with van der Waals surface area (Å²) in [6.45, 7) is 3.12. The van der Waals surface area contributed by atoms with Crippen LogP contribution in [-0.2, 0) is 0 Å². The molecule has 2 fully saturated rings. The zero-order valence-corrected chi connectivity index (χ0v) is 12.2. The average Bonchev–Trinajstić information content (AvgIpc) is 2.88. The lowest BCUT2D eigenvalue weighted by Crippen LogP contribution is -2.60. The first-order valence-electron chi connectivity index (χ1n) is 7.07. The second-order valence-electron chi connectivity index (χ2n) is 5.58. The van der Waals surface area contributed by atoms with E-state index in [2.05, 4.69) is 10.2 Å². The fourth-order valence-electron chi connectivity index (χ4n) is 3.57. The van der Waals surface area contributed by atoms with Gasteiger partial charge in [0.25, 0.3) is 0 Å². The van der Waals surface area contributed by atoms with Gasteiger partial charge in [-0.1, -0.05) is 24.4 Å². The smallest absolute Gasteiger partial charge is 0.142 e. The Morgan fingerprint density at radius 3 is 2.84 bits per heavy atom. The molecule has 0 atom stereocenters. The minimum atomic E-state index is 0.260. The van der Waals surface area contributed by atoms with Crippen molar-refractivity contribution in [3.63, 3.8) is 0 Å². The molecule has 1 spiro atoms. The van der Waals surface area contributed by atoms with Gasteiger partial charge in [-0.25, -0.2) is 0 Å². The van der Waals surface area contributed by atoms with Gasteiger partial charge in [0.2, 0.25) is 0 Å². The predicted octanol–water partition coefficient (Wildman–Crippen LogP) is 3.07. The third kappa shape index (κ3) is 2.30. The Morgan fingerprint density at radius 1 is 1.32 bits per heavy atom. The Labute approximate surface area is 119 Å². The Kier molecular flexibility index (Phi) is 3.59. The molecule has 1 N–H and O–H groups in total. The van der Waals surface area contributed by atoms with E-state index in [1.54, 1.807) is 7.11 Å². The quantitative estimate of drug-likeness (QED) is 0.901. The van der Waals surface area contributed by atoms with Gasteiger partial charge in [-0.05, 0) is 31.0 Å². The number of benzene rings is 1. The van der Waals surface area contributed by atoms with Gasteiger partial charge >= 0.3 is 0 Å². The van der Waals surface area contributed by atoms with Crippen LogP contribution in [0.1, 0.15) is 25.7 Å². The van der Waals surface area contributed by atoms with E-state index in [9.17, 15) is 0 Å². The molecule has 3 nitrogen and oxygen atoms in total. The lowest BCUT2D eigenvalue weighted by atomic mass is 9.92. The van der Waals surface area contributed by atoms with Crippen molar-refractivity contribution in [3.8, 4) is 5.75 Å². The fourth-order valence-corrected chi connectivity index (χ4v) is 3.74. The minimum Gasteiger partial charge on any atom is -0.495 e. The molecule has 1 aromatic carbocycles. The van der Waals surface area contributed by atoms with Crippen LogP contribution in [0.15, 0.2) is 18.2 Å². The highest BCUT2D eigenvalue weighted by molar-refractivity contribution is 6.30. The number of methoxy groups -OCH3 is 1. The summed E-state index contributed by atoms with van der Waals surface area (Å²) in [6.07, 6.45) is 5.16. The first kappa shape index (κ1) is 13.1. The Hall–Kier alpha value is -0.930. The molecule has 0 radical (unpaired) electrons. The molecule has 1 aromatic rings. The number of hydrogen-bond acceptors (Lipinski definition) is 3.